The number of hydroxylamine groups is 1. The first-order chi connectivity index (χ1) is 10.7. The summed E-state index contributed by atoms with van der Waals surface area (Å²) in [5.41, 5.74) is 4.80. The van der Waals surface area contributed by atoms with Crippen LogP contribution in [0.2, 0.25) is 0 Å². The first-order valence-electron chi connectivity index (χ1n) is 8.09. The summed E-state index contributed by atoms with van der Waals surface area (Å²) in [5.74, 6) is -0.493. The minimum Gasteiger partial charge on any atom is -0.316 e. The largest absolute Gasteiger partial charge is 0.316 e. The number of fused-ring (bicyclic) bond motifs is 1. The number of hydrogen-bond donors (Lipinski definition) is 3. The van der Waals surface area contributed by atoms with Gasteiger partial charge in [-0.1, -0.05) is 0 Å². The highest BCUT2D eigenvalue weighted by molar-refractivity contribution is 5.93. The second-order valence-electron chi connectivity index (χ2n) is 6.83. The van der Waals surface area contributed by atoms with Crippen LogP contribution in [0.4, 0.5) is 0 Å². The van der Waals surface area contributed by atoms with E-state index < -0.39 is 5.91 Å². The van der Waals surface area contributed by atoms with Crippen LogP contribution in [-0.2, 0) is 13.0 Å². The van der Waals surface area contributed by atoms with Crippen LogP contribution in [-0.4, -0.2) is 46.7 Å². The van der Waals surface area contributed by atoms with E-state index in [2.05, 4.69) is 15.2 Å². The molecule has 2 atom stereocenters. The fourth-order valence-corrected chi connectivity index (χ4v) is 4.40. The first kappa shape index (κ1) is 14.1. The molecule has 22 heavy (non-hydrogen) atoms. The zero-order valence-electron chi connectivity index (χ0n) is 12.6. The molecule has 2 fully saturated rings. The lowest BCUT2D eigenvalue weighted by Gasteiger charge is -2.53. The zero-order valence-corrected chi connectivity index (χ0v) is 12.6. The van der Waals surface area contributed by atoms with Crippen LogP contribution in [0.1, 0.15) is 40.9 Å². The summed E-state index contributed by atoms with van der Waals surface area (Å²) < 4.78 is 0. The zero-order chi connectivity index (χ0) is 15.2. The quantitative estimate of drug-likeness (QED) is 0.554. The fourth-order valence-electron chi connectivity index (χ4n) is 4.40. The van der Waals surface area contributed by atoms with Gasteiger partial charge in [0.15, 0.2) is 0 Å². The highest BCUT2D eigenvalue weighted by Gasteiger charge is 2.51. The Labute approximate surface area is 129 Å². The molecule has 3 N–H and O–H groups in total. The number of hydrogen-bond acceptors (Lipinski definition) is 5. The van der Waals surface area contributed by atoms with Crippen LogP contribution in [0.25, 0.3) is 0 Å². The topological polar surface area (TPSA) is 77.5 Å². The summed E-state index contributed by atoms with van der Waals surface area (Å²) >= 11 is 0. The maximum absolute atomic E-state index is 11.5. The van der Waals surface area contributed by atoms with Crippen molar-refractivity contribution in [3.8, 4) is 0 Å². The van der Waals surface area contributed by atoms with Gasteiger partial charge in [0.1, 0.15) is 0 Å². The Kier molecular flexibility index (Phi) is 3.40. The first-order valence-corrected chi connectivity index (χ1v) is 8.09. The van der Waals surface area contributed by atoms with E-state index in [0.717, 1.165) is 43.9 Å². The molecule has 2 aliphatic heterocycles. The Morgan fingerprint density at radius 1 is 1.50 bits per heavy atom. The summed E-state index contributed by atoms with van der Waals surface area (Å²) in [6.07, 6.45) is 6.42. The Bertz CT molecular complexity index is 598. The third kappa shape index (κ3) is 2.14. The number of aromatic nitrogens is 1. The van der Waals surface area contributed by atoms with Gasteiger partial charge in [0.25, 0.3) is 5.91 Å². The molecule has 3 heterocycles. The predicted molar refractivity (Wildman–Crippen MR) is 80.5 cm³/mol. The van der Waals surface area contributed by atoms with Crippen molar-refractivity contribution in [1.82, 2.24) is 20.7 Å². The predicted octanol–water partition coefficient (Wildman–Crippen LogP) is 0.701. The van der Waals surface area contributed by atoms with Crippen molar-refractivity contribution >= 4 is 5.91 Å². The van der Waals surface area contributed by atoms with Crippen LogP contribution >= 0.6 is 0 Å². The minimum absolute atomic E-state index is 0.426. The summed E-state index contributed by atoms with van der Waals surface area (Å²) in [6.45, 7) is 4.22. The van der Waals surface area contributed by atoms with Crippen LogP contribution < -0.4 is 10.8 Å². The number of rotatable bonds is 2. The maximum atomic E-state index is 11.5. The maximum Gasteiger partial charge on any atom is 0.276 e. The van der Waals surface area contributed by atoms with Gasteiger partial charge in [0, 0.05) is 31.9 Å². The Morgan fingerprint density at radius 2 is 2.41 bits per heavy atom. The molecular weight excluding hydrogens is 280 g/mol. The molecule has 118 valence electrons. The second-order valence-corrected chi connectivity index (χ2v) is 6.83. The third-order valence-corrected chi connectivity index (χ3v) is 5.78. The SMILES string of the molecule is O=C(NO)c1cnc2c(c1)CCN(C1CCC13CCNC3)C2. The fraction of sp³-hybridized carbons (Fsp3) is 0.625. The molecule has 1 spiro atoms. The molecule has 1 aromatic rings. The van der Waals surface area contributed by atoms with E-state index in [4.69, 9.17) is 5.21 Å². The standard InChI is InChI=1S/C16H22N4O2/c21-15(19-22)12-7-11-2-6-20(9-13(11)18-8-12)14-1-3-16(14)4-5-17-10-16/h7-8,14,17,22H,1-6,9-10H2,(H,19,21). The number of pyridine rings is 1. The van der Waals surface area contributed by atoms with E-state index in [1.165, 1.54) is 19.3 Å². The third-order valence-electron chi connectivity index (χ3n) is 5.78. The summed E-state index contributed by atoms with van der Waals surface area (Å²) in [4.78, 5) is 18.5. The van der Waals surface area contributed by atoms with Gasteiger partial charge in [-0.3, -0.25) is 19.9 Å². The van der Waals surface area contributed by atoms with E-state index in [1.54, 1.807) is 11.7 Å². The molecule has 1 aliphatic carbocycles. The van der Waals surface area contributed by atoms with Gasteiger partial charge in [-0.05, 0) is 49.3 Å². The van der Waals surface area contributed by atoms with Crippen LogP contribution in [0.3, 0.4) is 0 Å². The van der Waals surface area contributed by atoms with E-state index in [1.807, 2.05) is 6.07 Å². The number of carbonyl (C=O) groups is 1. The summed E-state index contributed by atoms with van der Waals surface area (Å²) in [7, 11) is 0. The lowest BCUT2D eigenvalue weighted by molar-refractivity contribution is -0.0211. The molecular formula is C16H22N4O2. The molecule has 0 radical (unpaired) electrons. The smallest absolute Gasteiger partial charge is 0.276 e. The molecule has 2 unspecified atom stereocenters. The Balaban J connectivity index is 1.51. The summed E-state index contributed by atoms with van der Waals surface area (Å²) in [6, 6.07) is 2.54. The van der Waals surface area contributed by atoms with Gasteiger partial charge in [0.2, 0.25) is 0 Å². The monoisotopic (exact) mass is 302 g/mol. The summed E-state index contributed by atoms with van der Waals surface area (Å²) in [5, 5.41) is 12.2. The lowest BCUT2D eigenvalue weighted by atomic mass is 9.63. The van der Waals surface area contributed by atoms with E-state index in [9.17, 15) is 4.79 Å². The molecule has 0 bridgehead atoms. The molecule has 6 heteroatoms. The average Bonchev–Trinajstić information content (AvgIpc) is 3.05. The van der Waals surface area contributed by atoms with Crippen molar-refractivity contribution in [2.75, 3.05) is 19.6 Å². The average molecular weight is 302 g/mol. The molecule has 1 saturated carbocycles. The minimum atomic E-state index is -0.493. The Hall–Kier alpha value is -1.50. The van der Waals surface area contributed by atoms with E-state index in [0.29, 0.717) is 17.0 Å². The van der Waals surface area contributed by atoms with Crippen molar-refractivity contribution < 1.29 is 10.0 Å². The highest BCUT2D eigenvalue weighted by atomic mass is 16.5. The van der Waals surface area contributed by atoms with Crippen LogP contribution in [0, 0.1) is 5.41 Å². The number of amides is 1. The number of nitrogens with one attached hydrogen (secondary N) is 2. The van der Waals surface area contributed by atoms with E-state index >= 15 is 0 Å². The molecule has 1 amide bonds. The van der Waals surface area contributed by atoms with Crippen LogP contribution in [0.15, 0.2) is 12.3 Å². The van der Waals surface area contributed by atoms with Gasteiger partial charge < -0.3 is 5.32 Å². The van der Waals surface area contributed by atoms with Crippen molar-refractivity contribution in [2.24, 2.45) is 5.41 Å². The highest BCUT2D eigenvalue weighted by Crippen LogP contribution is 2.49. The molecule has 3 aliphatic rings. The van der Waals surface area contributed by atoms with Gasteiger partial charge in [-0.15, -0.1) is 0 Å². The van der Waals surface area contributed by atoms with Crippen LogP contribution in [0.5, 0.6) is 0 Å². The second kappa shape index (κ2) is 5.30. The van der Waals surface area contributed by atoms with Gasteiger partial charge in [0.05, 0.1) is 11.3 Å². The molecule has 1 aromatic heterocycles. The van der Waals surface area contributed by atoms with Gasteiger partial charge >= 0.3 is 0 Å². The number of carbonyl (C=O) groups excluding carboxylic acids is 1. The van der Waals surface area contributed by atoms with Crippen molar-refractivity contribution in [1.29, 1.82) is 0 Å². The normalized spacial score (nSPS) is 30.9. The van der Waals surface area contributed by atoms with E-state index in [-0.39, 0.29) is 0 Å². The van der Waals surface area contributed by atoms with Crippen molar-refractivity contribution in [2.45, 2.75) is 38.3 Å². The lowest BCUT2D eigenvalue weighted by Crippen LogP contribution is -2.57. The number of nitrogens with zero attached hydrogens (tertiary/aromatic N) is 2. The van der Waals surface area contributed by atoms with Gasteiger partial charge in [-0.2, -0.15) is 0 Å². The molecule has 1 saturated heterocycles. The molecule has 4 rings (SSSR count). The van der Waals surface area contributed by atoms with Crippen molar-refractivity contribution in [3.63, 3.8) is 0 Å². The Morgan fingerprint density at radius 3 is 3.09 bits per heavy atom. The van der Waals surface area contributed by atoms with Crippen molar-refractivity contribution in [3.05, 3.63) is 29.1 Å². The molecule has 0 aromatic carbocycles. The van der Waals surface area contributed by atoms with Gasteiger partial charge in [-0.25, -0.2) is 5.48 Å². The molecule has 6 nitrogen and oxygen atoms in total.